The molecule has 124 valence electrons. The highest BCUT2D eigenvalue weighted by Gasteiger charge is 2.34. The van der Waals surface area contributed by atoms with Crippen molar-refractivity contribution < 1.29 is 4.79 Å². The number of nitrogens with one attached hydrogen (secondary N) is 1. The summed E-state index contributed by atoms with van der Waals surface area (Å²) < 4.78 is 0. The molecule has 1 fully saturated rings. The lowest BCUT2D eigenvalue weighted by Crippen LogP contribution is -2.53. The lowest BCUT2D eigenvalue weighted by atomic mass is 9.80. The van der Waals surface area contributed by atoms with Crippen LogP contribution in [0.4, 0.5) is 0 Å². The number of halogens is 3. The Labute approximate surface area is 148 Å². The van der Waals surface area contributed by atoms with Crippen molar-refractivity contribution in [3.05, 3.63) is 33.8 Å². The third-order valence-corrected chi connectivity index (χ3v) is 5.23. The number of rotatable bonds is 4. The number of amides is 1. The summed E-state index contributed by atoms with van der Waals surface area (Å²) in [5, 5.41) is 3.93. The first-order valence-corrected chi connectivity index (χ1v) is 8.11. The van der Waals surface area contributed by atoms with Crippen LogP contribution in [0.5, 0.6) is 0 Å². The van der Waals surface area contributed by atoms with Crippen LogP contribution in [0, 0.1) is 0 Å². The van der Waals surface area contributed by atoms with Crippen LogP contribution in [0.3, 0.4) is 0 Å². The number of nitrogens with zero attached hydrogens (tertiary/aromatic N) is 1. The molecule has 1 amide bonds. The van der Waals surface area contributed by atoms with E-state index in [1.807, 2.05) is 0 Å². The topological polar surface area (TPSA) is 32.3 Å². The number of hydrogen-bond donors (Lipinski definition) is 1. The molecule has 0 spiro atoms. The summed E-state index contributed by atoms with van der Waals surface area (Å²) in [6.45, 7) is 0.666. The van der Waals surface area contributed by atoms with E-state index in [0.29, 0.717) is 22.2 Å². The van der Waals surface area contributed by atoms with Gasteiger partial charge in [-0.2, -0.15) is 0 Å². The fraction of sp³-hybridized carbons (Fsp3) is 0.562. The highest BCUT2D eigenvalue weighted by atomic mass is 35.5. The van der Waals surface area contributed by atoms with Crippen molar-refractivity contribution in [2.45, 2.75) is 37.6 Å². The van der Waals surface area contributed by atoms with Gasteiger partial charge in [-0.15, -0.1) is 12.4 Å². The Balaban J connectivity index is 0.00000242. The average Bonchev–Trinajstić information content (AvgIpc) is 2.48. The molecule has 0 unspecified atom stereocenters. The number of hydrogen-bond acceptors (Lipinski definition) is 2. The van der Waals surface area contributed by atoms with Crippen LogP contribution in [-0.4, -0.2) is 37.0 Å². The Kier molecular flexibility index (Phi) is 7.47. The summed E-state index contributed by atoms with van der Waals surface area (Å²) in [7, 11) is 4.19. The normalized spacial score (nSPS) is 17.0. The third-order valence-electron chi connectivity index (χ3n) is 4.49. The fourth-order valence-electron chi connectivity index (χ4n) is 2.98. The summed E-state index contributed by atoms with van der Waals surface area (Å²) in [5.41, 5.74) is 0.624. The van der Waals surface area contributed by atoms with Crippen LogP contribution in [0.25, 0.3) is 0 Å². The van der Waals surface area contributed by atoms with Gasteiger partial charge in [0, 0.05) is 17.6 Å². The van der Waals surface area contributed by atoms with Crippen molar-refractivity contribution >= 4 is 41.5 Å². The molecule has 0 heterocycles. The smallest absolute Gasteiger partial charge is 0.251 e. The van der Waals surface area contributed by atoms with E-state index >= 15 is 0 Å². The molecule has 0 saturated heterocycles. The molecule has 0 radical (unpaired) electrons. The lowest BCUT2D eigenvalue weighted by molar-refractivity contribution is 0.0799. The van der Waals surface area contributed by atoms with Crippen LogP contribution in [0.1, 0.15) is 42.5 Å². The Morgan fingerprint density at radius 1 is 1.18 bits per heavy atom. The van der Waals surface area contributed by atoms with Gasteiger partial charge in [-0.3, -0.25) is 4.79 Å². The maximum absolute atomic E-state index is 12.3. The second-order valence-electron chi connectivity index (χ2n) is 5.99. The molecule has 0 aliphatic heterocycles. The number of carbonyl (C=O) groups is 1. The van der Waals surface area contributed by atoms with Crippen LogP contribution < -0.4 is 5.32 Å². The molecule has 1 aliphatic rings. The van der Waals surface area contributed by atoms with E-state index in [1.54, 1.807) is 18.2 Å². The molecule has 0 bridgehead atoms. The largest absolute Gasteiger partial charge is 0.350 e. The summed E-state index contributed by atoms with van der Waals surface area (Å²) in [6.07, 6.45) is 5.99. The highest BCUT2D eigenvalue weighted by Crippen LogP contribution is 2.31. The van der Waals surface area contributed by atoms with Crippen molar-refractivity contribution in [1.82, 2.24) is 10.2 Å². The zero-order valence-electron chi connectivity index (χ0n) is 13.0. The number of likely N-dealkylation sites (N-methyl/N-ethyl adjacent to an activating group) is 1. The van der Waals surface area contributed by atoms with Gasteiger partial charge in [-0.1, -0.05) is 42.5 Å². The van der Waals surface area contributed by atoms with E-state index in [0.717, 1.165) is 12.8 Å². The molecule has 1 aliphatic carbocycles. The molecular weight excluding hydrogens is 343 g/mol. The van der Waals surface area contributed by atoms with Gasteiger partial charge in [0.2, 0.25) is 0 Å². The van der Waals surface area contributed by atoms with E-state index in [4.69, 9.17) is 23.2 Å². The van der Waals surface area contributed by atoms with Crippen molar-refractivity contribution in [3.8, 4) is 0 Å². The fourth-order valence-corrected chi connectivity index (χ4v) is 3.27. The van der Waals surface area contributed by atoms with Gasteiger partial charge in [-0.25, -0.2) is 0 Å². The van der Waals surface area contributed by atoms with E-state index in [9.17, 15) is 4.79 Å². The van der Waals surface area contributed by atoms with E-state index in [-0.39, 0.29) is 23.9 Å². The molecule has 0 atom stereocenters. The zero-order valence-corrected chi connectivity index (χ0v) is 15.3. The molecule has 1 saturated carbocycles. The molecule has 0 aromatic heterocycles. The van der Waals surface area contributed by atoms with Crippen LogP contribution >= 0.6 is 35.6 Å². The number of benzene rings is 1. The van der Waals surface area contributed by atoms with Crippen LogP contribution in [0.15, 0.2) is 18.2 Å². The Bertz CT molecular complexity index is 514. The summed E-state index contributed by atoms with van der Waals surface area (Å²) in [4.78, 5) is 14.5. The predicted molar refractivity (Wildman–Crippen MR) is 95.5 cm³/mol. The quantitative estimate of drug-likeness (QED) is 0.857. The molecule has 1 aromatic carbocycles. The minimum Gasteiger partial charge on any atom is -0.350 e. The molecule has 1 aromatic rings. The van der Waals surface area contributed by atoms with Gasteiger partial charge in [0.15, 0.2) is 0 Å². The molecule has 2 rings (SSSR count). The van der Waals surface area contributed by atoms with Crippen molar-refractivity contribution in [1.29, 1.82) is 0 Å². The van der Waals surface area contributed by atoms with E-state index in [2.05, 4.69) is 24.3 Å². The summed E-state index contributed by atoms with van der Waals surface area (Å²) >= 11 is 11.8. The second-order valence-corrected chi connectivity index (χ2v) is 6.81. The van der Waals surface area contributed by atoms with E-state index in [1.165, 1.54) is 19.3 Å². The molecule has 3 nitrogen and oxygen atoms in total. The lowest BCUT2D eigenvalue weighted by Gasteiger charge is -2.43. The van der Waals surface area contributed by atoms with Crippen molar-refractivity contribution in [2.75, 3.05) is 20.6 Å². The second kappa shape index (κ2) is 8.39. The van der Waals surface area contributed by atoms with Gasteiger partial charge in [-0.05, 0) is 45.1 Å². The third kappa shape index (κ3) is 4.51. The van der Waals surface area contributed by atoms with Gasteiger partial charge in [0.05, 0.1) is 10.0 Å². The summed E-state index contributed by atoms with van der Waals surface area (Å²) in [5.74, 6) is -0.0969. The first-order valence-electron chi connectivity index (χ1n) is 7.35. The maximum atomic E-state index is 12.3. The Morgan fingerprint density at radius 2 is 1.82 bits per heavy atom. The monoisotopic (exact) mass is 364 g/mol. The number of carbonyl (C=O) groups excluding carboxylic acids is 1. The van der Waals surface area contributed by atoms with Gasteiger partial charge < -0.3 is 10.2 Å². The SMILES string of the molecule is CN(C)C1(CNC(=O)c2ccc(Cl)c(Cl)c2)CCCCC1.Cl. The maximum Gasteiger partial charge on any atom is 0.251 e. The first kappa shape index (κ1) is 19.6. The van der Waals surface area contributed by atoms with Crippen LogP contribution in [0.2, 0.25) is 10.0 Å². The minimum atomic E-state index is -0.0969. The Hall–Kier alpha value is -0.480. The van der Waals surface area contributed by atoms with Gasteiger partial charge in [0.1, 0.15) is 0 Å². The van der Waals surface area contributed by atoms with E-state index < -0.39 is 0 Å². The molecule has 6 heteroatoms. The first-order chi connectivity index (χ1) is 9.94. The predicted octanol–water partition coefficient (Wildman–Crippen LogP) is 4.41. The highest BCUT2D eigenvalue weighted by molar-refractivity contribution is 6.42. The van der Waals surface area contributed by atoms with Crippen LogP contribution in [-0.2, 0) is 0 Å². The Morgan fingerprint density at radius 3 is 2.36 bits per heavy atom. The van der Waals surface area contributed by atoms with Gasteiger partial charge >= 0.3 is 0 Å². The average molecular weight is 366 g/mol. The standard InChI is InChI=1S/C16H22Cl2N2O.ClH/c1-20(2)16(8-4-3-5-9-16)11-19-15(21)12-6-7-13(17)14(18)10-12;/h6-7,10H,3-5,8-9,11H2,1-2H3,(H,19,21);1H. The molecular formula is C16H23Cl3N2O. The molecule has 22 heavy (non-hydrogen) atoms. The molecule has 1 N–H and O–H groups in total. The summed E-state index contributed by atoms with van der Waals surface area (Å²) in [6, 6.07) is 4.97. The van der Waals surface area contributed by atoms with Crippen molar-refractivity contribution in [3.63, 3.8) is 0 Å². The zero-order chi connectivity index (χ0) is 15.5. The van der Waals surface area contributed by atoms with Gasteiger partial charge in [0.25, 0.3) is 5.91 Å². The minimum absolute atomic E-state index is 0. The van der Waals surface area contributed by atoms with Crippen molar-refractivity contribution in [2.24, 2.45) is 0 Å².